The van der Waals surface area contributed by atoms with Crippen LogP contribution in [0.5, 0.6) is 5.75 Å². The second kappa shape index (κ2) is 10.9. The Bertz CT molecular complexity index is 1020. The summed E-state index contributed by atoms with van der Waals surface area (Å²) < 4.78 is 10.6. The van der Waals surface area contributed by atoms with Crippen molar-refractivity contribution in [3.05, 3.63) is 95.6 Å². The minimum absolute atomic E-state index is 0.136. The van der Waals surface area contributed by atoms with Gasteiger partial charge < -0.3 is 20.1 Å². The summed E-state index contributed by atoms with van der Waals surface area (Å²) in [5.74, 6) is -0.0541. The first-order chi connectivity index (χ1) is 15.1. The zero-order valence-electron chi connectivity index (χ0n) is 17.6. The number of para-hydroxylation sites is 1. The summed E-state index contributed by atoms with van der Waals surface area (Å²) in [6, 6.07) is 23.4. The summed E-state index contributed by atoms with van der Waals surface area (Å²) in [5, 5.41) is 5.82. The van der Waals surface area contributed by atoms with E-state index >= 15 is 0 Å². The van der Waals surface area contributed by atoms with Crippen LogP contribution in [0.1, 0.15) is 39.2 Å². The van der Waals surface area contributed by atoms with Crippen LogP contribution in [0.3, 0.4) is 0 Å². The highest BCUT2D eigenvalue weighted by Crippen LogP contribution is 2.21. The molecule has 0 aliphatic rings. The van der Waals surface area contributed by atoms with Crippen molar-refractivity contribution in [2.75, 3.05) is 25.6 Å². The van der Waals surface area contributed by atoms with E-state index in [1.807, 2.05) is 37.3 Å². The summed E-state index contributed by atoms with van der Waals surface area (Å²) in [6.07, 6.45) is 0. The molecule has 1 unspecified atom stereocenters. The second-order valence-electron chi connectivity index (χ2n) is 6.98. The molecule has 2 amide bonds. The van der Waals surface area contributed by atoms with Gasteiger partial charge in [-0.1, -0.05) is 48.5 Å². The molecule has 160 valence electrons. The summed E-state index contributed by atoms with van der Waals surface area (Å²) in [7, 11) is 1.59. The number of ether oxygens (including phenoxy) is 2. The maximum atomic E-state index is 12.8. The lowest BCUT2D eigenvalue weighted by Crippen LogP contribution is -2.26. The molecule has 1 atom stereocenters. The molecule has 2 N–H and O–H groups in total. The molecule has 0 aliphatic heterocycles. The van der Waals surface area contributed by atoms with E-state index in [9.17, 15) is 9.59 Å². The molecule has 6 heteroatoms. The number of rotatable bonds is 9. The molecule has 3 aromatic rings. The Morgan fingerprint density at radius 1 is 0.871 bits per heavy atom. The minimum atomic E-state index is -0.316. The minimum Gasteiger partial charge on any atom is -0.490 e. The molecule has 31 heavy (non-hydrogen) atoms. The van der Waals surface area contributed by atoms with E-state index < -0.39 is 0 Å². The van der Waals surface area contributed by atoms with Gasteiger partial charge in [0.2, 0.25) is 0 Å². The number of hydrogen-bond donors (Lipinski definition) is 2. The van der Waals surface area contributed by atoms with Crippen molar-refractivity contribution in [3.63, 3.8) is 0 Å². The van der Waals surface area contributed by atoms with Crippen molar-refractivity contribution in [1.29, 1.82) is 0 Å². The van der Waals surface area contributed by atoms with Crippen LogP contribution in [0.2, 0.25) is 0 Å². The van der Waals surface area contributed by atoms with Gasteiger partial charge >= 0.3 is 0 Å². The zero-order valence-corrected chi connectivity index (χ0v) is 17.6. The van der Waals surface area contributed by atoms with E-state index in [0.717, 1.165) is 5.56 Å². The van der Waals surface area contributed by atoms with E-state index in [4.69, 9.17) is 9.47 Å². The van der Waals surface area contributed by atoms with Gasteiger partial charge in [0, 0.05) is 18.4 Å². The SMILES string of the molecule is COCCOc1ccccc1C(=O)Nc1cccc(C(=O)NC(C)c2ccccc2)c1. The molecule has 0 aliphatic carbocycles. The van der Waals surface area contributed by atoms with Gasteiger partial charge in [-0.25, -0.2) is 0 Å². The van der Waals surface area contributed by atoms with Gasteiger partial charge in [-0.3, -0.25) is 9.59 Å². The van der Waals surface area contributed by atoms with Crippen molar-refractivity contribution in [3.8, 4) is 5.75 Å². The fourth-order valence-corrected chi connectivity index (χ4v) is 3.06. The van der Waals surface area contributed by atoms with E-state index in [1.165, 1.54) is 0 Å². The molecule has 0 saturated carbocycles. The number of carbonyl (C=O) groups excluding carboxylic acids is 2. The molecule has 0 fully saturated rings. The molecule has 0 radical (unpaired) electrons. The van der Waals surface area contributed by atoms with Crippen LogP contribution in [0, 0.1) is 0 Å². The Morgan fingerprint density at radius 3 is 2.39 bits per heavy atom. The Kier molecular flexibility index (Phi) is 7.79. The third kappa shape index (κ3) is 6.17. The van der Waals surface area contributed by atoms with Crippen molar-refractivity contribution in [2.45, 2.75) is 13.0 Å². The van der Waals surface area contributed by atoms with Gasteiger partial charge in [0.1, 0.15) is 12.4 Å². The van der Waals surface area contributed by atoms with E-state index in [-0.39, 0.29) is 17.9 Å². The topological polar surface area (TPSA) is 76.7 Å². The Hall–Kier alpha value is -3.64. The van der Waals surface area contributed by atoms with Crippen LogP contribution in [-0.2, 0) is 4.74 Å². The summed E-state index contributed by atoms with van der Waals surface area (Å²) in [4.78, 5) is 25.5. The molecule has 0 saturated heterocycles. The number of hydrogen-bond acceptors (Lipinski definition) is 4. The number of anilines is 1. The predicted molar refractivity (Wildman–Crippen MR) is 121 cm³/mol. The normalized spacial score (nSPS) is 11.4. The molecule has 3 rings (SSSR count). The number of methoxy groups -OCH3 is 1. The van der Waals surface area contributed by atoms with E-state index in [0.29, 0.717) is 35.8 Å². The highest BCUT2D eigenvalue weighted by Gasteiger charge is 2.15. The Labute approximate surface area is 182 Å². The summed E-state index contributed by atoms with van der Waals surface area (Å²) in [5.41, 5.74) is 2.42. The van der Waals surface area contributed by atoms with Crippen molar-refractivity contribution in [1.82, 2.24) is 5.32 Å². The third-order valence-corrected chi connectivity index (χ3v) is 4.71. The molecular weight excluding hydrogens is 392 g/mol. The lowest BCUT2D eigenvalue weighted by Gasteiger charge is -2.15. The van der Waals surface area contributed by atoms with Gasteiger partial charge in [0.15, 0.2) is 0 Å². The summed E-state index contributed by atoms with van der Waals surface area (Å²) >= 11 is 0. The molecule has 6 nitrogen and oxygen atoms in total. The highest BCUT2D eigenvalue weighted by molar-refractivity contribution is 6.06. The predicted octanol–water partition coefficient (Wildman–Crippen LogP) is 4.46. The Balaban J connectivity index is 1.68. The van der Waals surface area contributed by atoms with Crippen LogP contribution in [-0.4, -0.2) is 32.1 Å². The largest absolute Gasteiger partial charge is 0.490 e. The molecule has 0 bridgehead atoms. The number of carbonyl (C=O) groups is 2. The van der Waals surface area contributed by atoms with Crippen molar-refractivity contribution < 1.29 is 19.1 Å². The van der Waals surface area contributed by atoms with Crippen LogP contribution < -0.4 is 15.4 Å². The lowest BCUT2D eigenvalue weighted by molar-refractivity contribution is 0.0938. The van der Waals surface area contributed by atoms with Gasteiger partial charge in [-0.2, -0.15) is 0 Å². The third-order valence-electron chi connectivity index (χ3n) is 4.71. The Morgan fingerprint density at radius 2 is 1.61 bits per heavy atom. The van der Waals surface area contributed by atoms with Crippen molar-refractivity contribution in [2.24, 2.45) is 0 Å². The molecular formula is C25H26N2O4. The van der Waals surface area contributed by atoms with E-state index in [2.05, 4.69) is 10.6 Å². The maximum absolute atomic E-state index is 12.8. The highest BCUT2D eigenvalue weighted by atomic mass is 16.5. The van der Waals surface area contributed by atoms with Crippen LogP contribution in [0.4, 0.5) is 5.69 Å². The summed E-state index contributed by atoms with van der Waals surface area (Å²) in [6.45, 7) is 2.70. The quantitative estimate of drug-likeness (QED) is 0.503. The van der Waals surface area contributed by atoms with Gasteiger partial charge in [0.25, 0.3) is 11.8 Å². The number of nitrogens with one attached hydrogen (secondary N) is 2. The molecule has 0 heterocycles. The average molecular weight is 418 g/mol. The average Bonchev–Trinajstić information content (AvgIpc) is 2.80. The van der Waals surface area contributed by atoms with Crippen LogP contribution in [0.25, 0.3) is 0 Å². The van der Waals surface area contributed by atoms with Crippen molar-refractivity contribution >= 4 is 17.5 Å². The maximum Gasteiger partial charge on any atom is 0.259 e. The first-order valence-corrected chi connectivity index (χ1v) is 10.1. The number of amides is 2. The van der Waals surface area contributed by atoms with E-state index in [1.54, 1.807) is 55.6 Å². The lowest BCUT2D eigenvalue weighted by atomic mass is 10.1. The van der Waals surface area contributed by atoms with Crippen LogP contribution in [0.15, 0.2) is 78.9 Å². The fraction of sp³-hybridized carbons (Fsp3) is 0.200. The first kappa shape index (κ1) is 22.1. The molecule has 0 aromatic heterocycles. The van der Waals surface area contributed by atoms with Gasteiger partial charge in [-0.15, -0.1) is 0 Å². The fourth-order valence-electron chi connectivity index (χ4n) is 3.06. The molecule has 0 spiro atoms. The monoisotopic (exact) mass is 418 g/mol. The smallest absolute Gasteiger partial charge is 0.259 e. The van der Waals surface area contributed by atoms with Gasteiger partial charge in [0.05, 0.1) is 18.2 Å². The van der Waals surface area contributed by atoms with Gasteiger partial charge in [-0.05, 0) is 42.8 Å². The number of benzene rings is 3. The molecule has 3 aromatic carbocycles. The van der Waals surface area contributed by atoms with Crippen LogP contribution >= 0.6 is 0 Å². The zero-order chi connectivity index (χ0) is 22.1. The standard InChI is InChI=1S/C25H26N2O4/c1-18(19-9-4-3-5-10-19)26-24(28)20-11-8-12-21(17-20)27-25(29)22-13-6-7-14-23(22)31-16-15-30-2/h3-14,17-18H,15-16H2,1-2H3,(H,26,28)(H,27,29). The second-order valence-corrected chi connectivity index (χ2v) is 6.98. The first-order valence-electron chi connectivity index (χ1n) is 10.1.